The van der Waals surface area contributed by atoms with Crippen LogP contribution in [0, 0.1) is 0 Å². The first kappa shape index (κ1) is 14.3. The van der Waals surface area contributed by atoms with E-state index in [2.05, 4.69) is 20.2 Å². The van der Waals surface area contributed by atoms with Gasteiger partial charge >= 0.3 is 0 Å². The molecule has 0 spiro atoms. The van der Waals surface area contributed by atoms with E-state index < -0.39 is 0 Å². The average Bonchev–Trinajstić information content (AvgIpc) is 3.20. The molecule has 0 amide bonds. The van der Waals surface area contributed by atoms with Crippen LogP contribution in [0.2, 0.25) is 0 Å². The molecule has 0 aromatic carbocycles. The molecule has 1 aromatic rings. The Morgan fingerprint density at radius 1 is 1.48 bits per heavy atom. The average molecular weight is 294 g/mol. The third-order valence-corrected chi connectivity index (χ3v) is 3.96. The monoisotopic (exact) mass is 294 g/mol. The van der Waals surface area contributed by atoms with E-state index >= 15 is 0 Å². The number of guanidine groups is 1. The van der Waals surface area contributed by atoms with Crippen molar-refractivity contribution >= 4 is 5.96 Å². The third-order valence-electron chi connectivity index (χ3n) is 3.96. The van der Waals surface area contributed by atoms with Crippen LogP contribution in [0.5, 0.6) is 0 Å². The number of ether oxygens (including phenoxy) is 1. The first-order valence-corrected chi connectivity index (χ1v) is 7.47. The van der Waals surface area contributed by atoms with E-state index in [0.29, 0.717) is 25.5 Å². The lowest BCUT2D eigenvalue weighted by molar-refractivity contribution is 0.0849. The molecule has 3 heterocycles. The highest BCUT2D eigenvalue weighted by Gasteiger charge is 2.32. The molecule has 0 radical (unpaired) electrons. The van der Waals surface area contributed by atoms with Crippen molar-refractivity contribution in [1.29, 1.82) is 0 Å². The number of aliphatic hydroxyl groups is 1. The standard InChI is InChI=1S/C13H22N6O2/c14-13-15-7-12(19(13)8-10-3-1-6-21-10)11-9-18(17-16-11)4-2-5-20/h9-10,12,20H,1-8H2,(H2,14,15). The number of nitrogens with two attached hydrogens (primary N) is 1. The maximum absolute atomic E-state index is 8.86. The fraction of sp³-hybridized carbons (Fsp3) is 0.769. The molecule has 1 fully saturated rings. The van der Waals surface area contributed by atoms with Crippen LogP contribution >= 0.6 is 0 Å². The molecular formula is C13H22N6O2. The van der Waals surface area contributed by atoms with Crippen LogP contribution in [-0.4, -0.2) is 63.4 Å². The first-order chi connectivity index (χ1) is 10.3. The summed E-state index contributed by atoms with van der Waals surface area (Å²) in [7, 11) is 0. The van der Waals surface area contributed by atoms with E-state index in [1.54, 1.807) is 4.68 Å². The SMILES string of the molecule is NC1=NCC(c2cn(CCCO)nn2)N1CC1CCCO1. The summed E-state index contributed by atoms with van der Waals surface area (Å²) in [6.07, 6.45) is 4.99. The Bertz CT molecular complexity index is 497. The van der Waals surface area contributed by atoms with Gasteiger partial charge in [0.05, 0.1) is 24.9 Å². The molecule has 0 saturated carbocycles. The van der Waals surface area contributed by atoms with Gasteiger partial charge in [-0.15, -0.1) is 5.10 Å². The zero-order valence-electron chi connectivity index (χ0n) is 12.1. The van der Waals surface area contributed by atoms with Crippen molar-refractivity contribution < 1.29 is 9.84 Å². The molecule has 2 aliphatic heterocycles. The molecule has 0 aliphatic carbocycles. The largest absolute Gasteiger partial charge is 0.396 e. The fourth-order valence-electron chi connectivity index (χ4n) is 2.82. The molecule has 116 valence electrons. The number of aliphatic hydroxyl groups excluding tert-OH is 1. The molecular weight excluding hydrogens is 272 g/mol. The van der Waals surface area contributed by atoms with Gasteiger partial charge < -0.3 is 20.5 Å². The summed E-state index contributed by atoms with van der Waals surface area (Å²) >= 11 is 0. The lowest BCUT2D eigenvalue weighted by Gasteiger charge is -2.27. The number of hydrogen-bond donors (Lipinski definition) is 2. The Morgan fingerprint density at radius 2 is 2.38 bits per heavy atom. The molecule has 0 bridgehead atoms. The van der Waals surface area contributed by atoms with Gasteiger partial charge in [-0.1, -0.05) is 5.21 Å². The van der Waals surface area contributed by atoms with E-state index in [9.17, 15) is 0 Å². The Hall–Kier alpha value is -1.67. The Morgan fingerprint density at radius 3 is 3.14 bits per heavy atom. The normalized spacial score (nSPS) is 25.6. The number of aromatic nitrogens is 3. The fourth-order valence-corrected chi connectivity index (χ4v) is 2.82. The molecule has 2 atom stereocenters. The molecule has 8 heteroatoms. The molecule has 1 saturated heterocycles. The van der Waals surface area contributed by atoms with Crippen LogP contribution in [0.15, 0.2) is 11.2 Å². The second-order valence-electron chi connectivity index (χ2n) is 5.49. The van der Waals surface area contributed by atoms with Crippen LogP contribution in [0.3, 0.4) is 0 Å². The van der Waals surface area contributed by atoms with E-state index in [0.717, 1.165) is 31.7 Å². The smallest absolute Gasteiger partial charge is 0.192 e. The van der Waals surface area contributed by atoms with Gasteiger partial charge in [-0.25, -0.2) is 0 Å². The molecule has 2 unspecified atom stereocenters. The van der Waals surface area contributed by atoms with Gasteiger partial charge in [-0.05, 0) is 19.3 Å². The number of hydrogen-bond acceptors (Lipinski definition) is 7. The van der Waals surface area contributed by atoms with E-state index in [4.69, 9.17) is 15.6 Å². The second-order valence-corrected chi connectivity index (χ2v) is 5.49. The van der Waals surface area contributed by atoms with Crippen molar-refractivity contribution in [3.05, 3.63) is 11.9 Å². The van der Waals surface area contributed by atoms with Gasteiger partial charge in [0.25, 0.3) is 0 Å². The van der Waals surface area contributed by atoms with Crippen molar-refractivity contribution in [2.45, 2.75) is 38.0 Å². The van der Waals surface area contributed by atoms with Gasteiger partial charge in [-0.3, -0.25) is 9.67 Å². The number of nitrogens with zero attached hydrogens (tertiary/aromatic N) is 5. The summed E-state index contributed by atoms with van der Waals surface area (Å²) in [4.78, 5) is 6.40. The second kappa shape index (κ2) is 6.40. The predicted octanol–water partition coefficient (Wildman–Crippen LogP) is -0.489. The van der Waals surface area contributed by atoms with Crippen LogP contribution in [0.25, 0.3) is 0 Å². The minimum atomic E-state index is 0.0390. The summed E-state index contributed by atoms with van der Waals surface area (Å²) in [5.74, 6) is 0.556. The van der Waals surface area contributed by atoms with Crippen LogP contribution in [-0.2, 0) is 11.3 Å². The van der Waals surface area contributed by atoms with Gasteiger partial charge in [0, 0.05) is 26.3 Å². The number of rotatable bonds is 6. The predicted molar refractivity (Wildman–Crippen MR) is 76.6 cm³/mol. The lowest BCUT2D eigenvalue weighted by Crippen LogP contribution is -2.41. The molecule has 8 nitrogen and oxygen atoms in total. The minimum absolute atomic E-state index is 0.0390. The molecule has 1 aromatic heterocycles. The topological polar surface area (TPSA) is 102 Å². The van der Waals surface area contributed by atoms with Crippen molar-refractivity contribution in [3.8, 4) is 0 Å². The first-order valence-electron chi connectivity index (χ1n) is 7.47. The van der Waals surface area contributed by atoms with E-state index in [1.165, 1.54) is 0 Å². The van der Waals surface area contributed by atoms with E-state index in [1.807, 2.05) is 6.20 Å². The number of aryl methyl sites for hydroxylation is 1. The van der Waals surface area contributed by atoms with Crippen molar-refractivity contribution in [3.63, 3.8) is 0 Å². The quantitative estimate of drug-likeness (QED) is 0.734. The lowest BCUT2D eigenvalue weighted by atomic mass is 10.1. The minimum Gasteiger partial charge on any atom is -0.396 e. The maximum atomic E-state index is 8.86. The van der Waals surface area contributed by atoms with Gasteiger partial charge in [0.2, 0.25) is 0 Å². The summed E-state index contributed by atoms with van der Waals surface area (Å²) in [6, 6.07) is 0.0390. The summed E-state index contributed by atoms with van der Waals surface area (Å²) in [5, 5.41) is 17.2. The van der Waals surface area contributed by atoms with Crippen molar-refractivity contribution in [2.75, 3.05) is 26.3 Å². The summed E-state index contributed by atoms with van der Waals surface area (Å²) in [6.45, 7) is 3.01. The Labute approximate surface area is 123 Å². The highest BCUT2D eigenvalue weighted by atomic mass is 16.5. The molecule has 21 heavy (non-hydrogen) atoms. The summed E-state index contributed by atoms with van der Waals surface area (Å²) in [5.41, 5.74) is 6.87. The molecule has 3 rings (SSSR count). The van der Waals surface area contributed by atoms with E-state index in [-0.39, 0.29) is 18.8 Å². The molecule has 3 N–H and O–H groups in total. The maximum Gasteiger partial charge on any atom is 0.192 e. The van der Waals surface area contributed by atoms with Crippen LogP contribution in [0.4, 0.5) is 0 Å². The molecule has 2 aliphatic rings. The van der Waals surface area contributed by atoms with Crippen molar-refractivity contribution in [2.24, 2.45) is 10.7 Å². The Balaban J connectivity index is 1.66. The van der Waals surface area contributed by atoms with Gasteiger partial charge in [0.1, 0.15) is 5.69 Å². The highest BCUT2D eigenvalue weighted by molar-refractivity contribution is 5.80. The van der Waals surface area contributed by atoms with Crippen LogP contribution in [0.1, 0.15) is 31.0 Å². The third kappa shape index (κ3) is 3.16. The van der Waals surface area contributed by atoms with Gasteiger partial charge in [0.15, 0.2) is 5.96 Å². The zero-order chi connectivity index (χ0) is 14.7. The highest BCUT2D eigenvalue weighted by Crippen LogP contribution is 2.26. The van der Waals surface area contributed by atoms with Gasteiger partial charge in [-0.2, -0.15) is 0 Å². The Kier molecular flexibility index (Phi) is 4.35. The van der Waals surface area contributed by atoms with Crippen molar-refractivity contribution in [1.82, 2.24) is 19.9 Å². The summed E-state index contributed by atoms with van der Waals surface area (Å²) < 4.78 is 7.44. The van der Waals surface area contributed by atoms with Crippen LogP contribution < -0.4 is 5.73 Å². The number of aliphatic imine (C=N–C) groups is 1. The zero-order valence-corrected chi connectivity index (χ0v) is 12.1.